The first kappa shape index (κ1) is 12.8. The highest BCUT2D eigenvalue weighted by molar-refractivity contribution is 5.86. The molecule has 1 N–H and O–H groups in total. The standard InChI is InChI=1S/C12H12N4O3/c13-8-9-1-2-11(12(7-9)16(18)19)15-5-3-10(14-17)4-6-15/h1-2,7,17H,3-6H2. The quantitative estimate of drug-likeness (QED) is 0.497. The van der Waals surface area contributed by atoms with Crippen LogP contribution in [0.3, 0.4) is 0 Å². The fourth-order valence-electron chi connectivity index (χ4n) is 2.11. The Morgan fingerprint density at radius 3 is 2.63 bits per heavy atom. The van der Waals surface area contributed by atoms with Crippen LogP contribution in [0.1, 0.15) is 18.4 Å². The van der Waals surface area contributed by atoms with Gasteiger partial charge in [0.05, 0.1) is 22.3 Å². The predicted molar refractivity (Wildman–Crippen MR) is 68.5 cm³/mol. The van der Waals surface area contributed by atoms with Crippen LogP contribution >= 0.6 is 0 Å². The molecule has 0 amide bonds. The van der Waals surface area contributed by atoms with Crippen molar-refractivity contribution in [3.8, 4) is 6.07 Å². The van der Waals surface area contributed by atoms with Gasteiger partial charge in [-0.05, 0) is 12.1 Å². The van der Waals surface area contributed by atoms with Crippen LogP contribution in [-0.2, 0) is 0 Å². The second kappa shape index (κ2) is 5.35. The zero-order chi connectivity index (χ0) is 13.8. The van der Waals surface area contributed by atoms with Gasteiger partial charge in [0, 0.05) is 32.0 Å². The van der Waals surface area contributed by atoms with Gasteiger partial charge in [0.1, 0.15) is 5.69 Å². The van der Waals surface area contributed by atoms with Gasteiger partial charge in [-0.2, -0.15) is 5.26 Å². The Bertz CT molecular complexity index is 567. The van der Waals surface area contributed by atoms with Gasteiger partial charge in [0.15, 0.2) is 0 Å². The average molecular weight is 260 g/mol. The Morgan fingerprint density at radius 1 is 1.42 bits per heavy atom. The lowest BCUT2D eigenvalue weighted by molar-refractivity contribution is -0.384. The minimum atomic E-state index is -0.480. The molecule has 0 aliphatic carbocycles. The maximum Gasteiger partial charge on any atom is 0.293 e. The lowest BCUT2D eigenvalue weighted by Gasteiger charge is -2.28. The van der Waals surface area contributed by atoms with Crippen LogP contribution in [-0.4, -0.2) is 28.9 Å². The molecule has 0 bridgehead atoms. The van der Waals surface area contributed by atoms with E-state index in [1.807, 2.05) is 11.0 Å². The molecule has 1 saturated heterocycles. The van der Waals surface area contributed by atoms with Crippen LogP contribution in [0.5, 0.6) is 0 Å². The summed E-state index contributed by atoms with van der Waals surface area (Å²) in [6.07, 6.45) is 1.15. The Balaban J connectivity index is 2.30. The van der Waals surface area contributed by atoms with Crippen LogP contribution in [0, 0.1) is 21.4 Å². The second-order valence-corrected chi connectivity index (χ2v) is 4.23. The van der Waals surface area contributed by atoms with Crippen LogP contribution < -0.4 is 4.90 Å². The number of oxime groups is 1. The summed E-state index contributed by atoms with van der Waals surface area (Å²) in [6, 6.07) is 6.34. The van der Waals surface area contributed by atoms with Gasteiger partial charge in [-0.3, -0.25) is 10.1 Å². The highest BCUT2D eigenvalue weighted by Crippen LogP contribution is 2.30. The van der Waals surface area contributed by atoms with Crippen molar-refractivity contribution in [2.75, 3.05) is 18.0 Å². The Morgan fingerprint density at radius 2 is 2.11 bits per heavy atom. The van der Waals surface area contributed by atoms with E-state index < -0.39 is 4.92 Å². The molecule has 1 heterocycles. The van der Waals surface area contributed by atoms with Crippen LogP contribution in [0.15, 0.2) is 23.4 Å². The number of hydrogen-bond acceptors (Lipinski definition) is 6. The number of nitrogens with zero attached hydrogens (tertiary/aromatic N) is 4. The second-order valence-electron chi connectivity index (χ2n) is 4.23. The molecule has 0 aromatic heterocycles. The molecular formula is C12H12N4O3. The number of nitriles is 1. The number of rotatable bonds is 2. The van der Waals surface area contributed by atoms with E-state index in [4.69, 9.17) is 10.5 Å². The smallest absolute Gasteiger partial charge is 0.293 e. The first-order chi connectivity index (χ1) is 9.15. The van der Waals surface area contributed by atoms with E-state index in [9.17, 15) is 10.1 Å². The third kappa shape index (κ3) is 2.63. The number of nitro groups is 1. The lowest BCUT2D eigenvalue weighted by atomic mass is 10.1. The zero-order valence-corrected chi connectivity index (χ0v) is 10.1. The van der Waals surface area contributed by atoms with Gasteiger partial charge in [-0.15, -0.1) is 0 Å². The maximum absolute atomic E-state index is 11.1. The van der Waals surface area contributed by atoms with Gasteiger partial charge < -0.3 is 10.1 Å². The van der Waals surface area contributed by atoms with Crippen molar-refractivity contribution >= 4 is 17.1 Å². The van der Waals surface area contributed by atoms with Crippen molar-refractivity contribution in [3.05, 3.63) is 33.9 Å². The van der Waals surface area contributed by atoms with Crippen LogP contribution in [0.25, 0.3) is 0 Å². The summed E-state index contributed by atoms with van der Waals surface area (Å²) in [6.45, 7) is 1.12. The molecule has 1 fully saturated rings. The molecule has 1 aromatic rings. The van der Waals surface area contributed by atoms with Crippen molar-refractivity contribution in [1.29, 1.82) is 5.26 Å². The number of anilines is 1. The van der Waals surface area contributed by atoms with E-state index in [1.165, 1.54) is 6.07 Å². The number of piperidine rings is 1. The van der Waals surface area contributed by atoms with Gasteiger partial charge in [0.25, 0.3) is 5.69 Å². The fraction of sp³-hybridized carbons (Fsp3) is 0.333. The monoisotopic (exact) mass is 260 g/mol. The van der Waals surface area contributed by atoms with Crippen molar-refractivity contribution in [3.63, 3.8) is 0 Å². The molecule has 0 unspecified atom stereocenters. The van der Waals surface area contributed by atoms with E-state index in [-0.39, 0.29) is 11.3 Å². The summed E-state index contributed by atoms with van der Waals surface area (Å²) in [5.41, 5.74) is 1.40. The largest absolute Gasteiger partial charge is 0.411 e. The molecular weight excluding hydrogens is 248 g/mol. The molecule has 2 rings (SSSR count). The molecule has 0 radical (unpaired) electrons. The topological polar surface area (TPSA) is 103 Å². The number of nitro benzene ring substituents is 1. The number of benzene rings is 1. The van der Waals surface area contributed by atoms with Crippen LogP contribution in [0.2, 0.25) is 0 Å². The van der Waals surface area contributed by atoms with Crippen molar-refractivity contribution in [2.45, 2.75) is 12.8 Å². The molecule has 19 heavy (non-hydrogen) atoms. The highest BCUT2D eigenvalue weighted by atomic mass is 16.6. The minimum Gasteiger partial charge on any atom is -0.411 e. The molecule has 1 aliphatic heterocycles. The third-order valence-corrected chi connectivity index (χ3v) is 3.12. The molecule has 7 heteroatoms. The number of hydrogen-bond donors (Lipinski definition) is 1. The molecule has 7 nitrogen and oxygen atoms in total. The van der Waals surface area contributed by atoms with E-state index in [2.05, 4.69) is 5.16 Å². The maximum atomic E-state index is 11.1. The van der Waals surface area contributed by atoms with Crippen LogP contribution in [0.4, 0.5) is 11.4 Å². The average Bonchev–Trinajstić information content (AvgIpc) is 2.46. The minimum absolute atomic E-state index is 0.0663. The highest BCUT2D eigenvalue weighted by Gasteiger charge is 2.23. The lowest BCUT2D eigenvalue weighted by Crippen LogP contribution is -2.34. The van der Waals surface area contributed by atoms with E-state index in [1.54, 1.807) is 12.1 Å². The van der Waals surface area contributed by atoms with E-state index in [0.29, 0.717) is 37.3 Å². The first-order valence-corrected chi connectivity index (χ1v) is 5.79. The van der Waals surface area contributed by atoms with Crippen molar-refractivity contribution in [1.82, 2.24) is 0 Å². The SMILES string of the molecule is N#Cc1ccc(N2CCC(=NO)CC2)c([N+](=O)[O-])c1. The summed E-state index contributed by atoms with van der Waals surface area (Å²) in [4.78, 5) is 12.4. The Hall–Kier alpha value is -2.62. The van der Waals surface area contributed by atoms with Gasteiger partial charge in [-0.25, -0.2) is 0 Å². The third-order valence-electron chi connectivity index (χ3n) is 3.12. The fourth-order valence-corrected chi connectivity index (χ4v) is 2.11. The van der Waals surface area contributed by atoms with Gasteiger partial charge >= 0.3 is 0 Å². The summed E-state index contributed by atoms with van der Waals surface area (Å²) in [7, 11) is 0. The normalized spacial score (nSPS) is 14.9. The van der Waals surface area contributed by atoms with Crippen molar-refractivity contribution < 1.29 is 10.1 Å². The molecule has 0 atom stereocenters. The molecule has 0 spiro atoms. The molecule has 0 saturated carbocycles. The van der Waals surface area contributed by atoms with Gasteiger partial charge in [0.2, 0.25) is 0 Å². The zero-order valence-electron chi connectivity index (χ0n) is 10.1. The first-order valence-electron chi connectivity index (χ1n) is 5.79. The summed E-state index contributed by atoms with van der Waals surface area (Å²) in [5.74, 6) is 0. The summed E-state index contributed by atoms with van der Waals surface area (Å²) < 4.78 is 0. The van der Waals surface area contributed by atoms with E-state index >= 15 is 0 Å². The molecule has 1 aromatic carbocycles. The van der Waals surface area contributed by atoms with Gasteiger partial charge in [-0.1, -0.05) is 5.16 Å². The molecule has 1 aliphatic rings. The Labute approximate surface area is 109 Å². The predicted octanol–water partition coefficient (Wildman–Crippen LogP) is 1.90. The summed E-state index contributed by atoms with van der Waals surface area (Å²) >= 11 is 0. The van der Waals surface area contributed by atoms with Crippen molar-refractivity contribution in [2.24, 2.45) is 5.16 Å². The van der Waals surface area contributed by atoms with E-state index in [0.717, 1.165) is 0 Å². The summed E-state index contributed by atoms with van der Waals surface area (Å²) in [5, 5.41) is 31.7. The Kier molecular flexibility index (Phi) is 3.61. The molecule has 98 valence electrons.